The van der Waals surface area contributed by atoms with Crippen LogP contribution >= 0.6 is 0 Å². The monoisotopic (exact) mass is 223 g/mol. The van der Waals surface area contributed by atoms with Gasteiger partial charge in [-0.15, -0.1) is 0 Å². The minimum absolute atomic E-state index is 0.145. The Kier molecular flexibility index (Phi) is 4.32. The second kappa shape index (κ2) is 5.75. The van der Waals surface area contributed by atoms with Gasteiger partial charge in [-0.2, -0.15) is 0 Å². The van der Waals surface area contributed by atoms with Crippen molar-refractivity contribution in [3.05, 3.63) is 30.3 Å². The molecular weight excluding hydrogens is 210 g/mol. The van der Waals surface area contributed by atoms with Crippen LogP contribution in [0, 0.1) is 5.92 Å². The Bertz CT molecular complexity index is 364. The standard InChI is InChI=1S/C11H13NO4/c1-8(10(13)14)7-16-11(15)12-9-5-3-2-4-6-9/h2-6,8H,7H2,1H3,(H,12,15)(H,13,14). The van der Waals surface area contributed by atoms with Gasteiger partial charge in [0, 0.05) is 5.69 Å². The van der Waals surface area contributed by atoms with Crippen molar-refractivity contribution in [2.45, 2.75) is 6.92 Å². The molecule has 1 atom stereocenters. The number of nitrogens with one attached hydrogen (secondary N) is 1. The van der Waals surface area contributed by atoms with E-state index in [4.69, 9.17) is 9.84 Å². The number of carbonyl (C=O) groups excluding carboxylic acids is 1. The summed E-state index contributed by atoms with van der Waals surface area (Å²) in [6.07, 6.45) is -0.653. The summed E-state index contributed by atoms with van der Waals surface area (Å²) in [5, 5.41) is 11.1. The number of anilines is 1. The Morgan fingerprint density at radius 3 is 2.56 bits per heavy atom. The number of rotatable bonds is 4. The average molecular weight is 223 g/mol. The fraction of sp³-hybridized carbons (Fsp3) is 0.273. The van der Waals surface area contributed by atoms with Gasteiger partial charge in [0.05, 0.1) is 5.92 Å². The second-order valence-electron chi connectivity index (χ2n) is 3.33. The Hall–Kier alpha value is -2.04. The molecule has 1 aromatic carbocycles. The molecule has 1 rings (SSSR count). The number of hydrogen-bond acceptors (Lipinski definition) is 3. The van der Waals surface area contributed by atoms with Crippen LogP contribution in [0.4, 0.5) is 10.5 Å². The first-order valence-electron chi connectivity index (χ1n) is 4.81. The van der Waals surface area contributed by atoms with Crippen LogP contribution in [-0.2, 0) is 9.53 Å². The van der Waals surface area contributed by atoms with E-state index in [2.05, 4.69) is 5.32 Å². The van der Waals surface area contributed by atoms with Crippen LogP contribution in [0.15, 0.2) is 30.3 Å². The van der Waals surface area contributed by atoms with Crippen LogP contribution in [-0.4, -0.2) is 23.8 Å². The maximum atomic E-state index is 11.2. The van der Waals surface area contributed by atoms with Crippen LogP contribution in [0.5, 0.6) is 0 Å². The van der Waals surface area contributed by atoms with Gasteiger partial charge in [0.15, 0.2) is 0 Å². The maximum Gasteiger partial charge on any atom is 0.411 e. The molecule has 2 N–H and O–H groups in total. The summed E-state index contributed by atoms with van der Waals surface area (Å²) in [5.74, 6) is -1.70. The average Bonchev–Trinajstić information content (AvgIpc) is 2.27. The molecule has 0 aromatic heterocycles. The van der Waals surface area contributed by atoms with Crippen LogP contribution in [0.1, 0.15) is 6.92 Å². The third-order valence-electron chi connectivity index (χ3n) is 1.91. The number of ether oxygens (including phenoxy) is 1. The molecule has 0 aliphatic heterocycles. The second-order valence-corrected chi connectivity index (χ2v) is 3.33. The van der Waals surface area contributed by atoms with E-state index in [0.717, 1.165) is 0 Å². The van der Waals surface area contributed by atoms with Gasteiger partial charge in [-0.05, 0) is 19.1 Å². The molecule has 0 aliphatic rings. The predicted octanol–water partition coefficient (Wildman–Crippen LogP) is 1.96. The molecule has 86 valence electrons. The molecule has 0 heterocycles. The normalized spacial score (nSPS) is 11.6. The van der Waals surface area contributed by atoms with E-state index in [0.29, 0.717) is 5.69 Å². The third kappa shape index (κ3) is 4.00. The lowest BCUT2D eigenvalue weighted by molar-refractivity contribution is -0.142. The summed E-state index contributed by atoms with van der Waals surface area (Å²) < 4.78 is 4.74. The molecule has 16 heavy (non-hydrogen) atoms. The predicted molar refractivity (Wildman–Crippen MR) is 58.2 cm³/mol. The molecule has 0 radical (unpaired) electrons. The number of aliphatic carboxylic acids is 1. The van der Waals surface area contributed by atoms with Gasteiger partial charge in [0.2, 0.25) is 0 Å². The van der Waals surface area contributed by atoms with E-state index >= 15 is 0 Å². The SMILES string of the molecule is CC(COC(=O)Nc1ccccc1)C(=O)O. The van der Waals surface area contributed by atoms with Gasteiger partial charge in [-0.25, -0.2) is 4.79 Å². The van der Waals surface area contributed by atoms with E-state index in [1.807, 2.05) is 6.07 Å². The molecule has 0 bridgehead atoms. The van der Waals surface area contributed by atoms with Crippen molar-refractivity contribution in [1.29, 1.82) is 0 Å². The van der Waals surface area contributed by atoms with E-state index < -0.39 is 18.0 Å². The van der Waals surface area contributed by atoms with Gasteiger partial charge in [-0.3, -0.25) is 10.1 Å². The molecule has 1 aromatic rings. The Morgan fingerprint density at radius 2 is 2.00 bits per heavy atom. The number of para-hydroxylation sites is 1. The third-order valence-corrected chi connectivity index (χ3v) is 1.91. The lowest BCUT2D eigenvalue weighted by atomic mass is 10.2. The number of hydrogen-bond donors (Lipinski definition) is 2. The maximum absolute atomic E-state index is 11.2. The van der Waals surface area contributed by atoms with Crippen molar-refractivity contribution in [2.24, 2.45) is 5.92 Å². The quantitative estimate of drug-likeness (QED) is 0.818. The van der Waals surface area contributed by atoms with Gasteiger partial charge < -0.3 is 9.84 Å². The molecule has 0 spiro atoms. The number of amides is 1. The number of carboxylic acids is 1. The largest absolute Gasteiger partial charge is 0.481 e. The number of benzene rings is 1. The van der Waals surface area contributed by atoms with E-state index in [9.17, 15) is 9.59 Å². The highest BCUT2D eigenvalue weighted by Crippen LogP contribution is 2.05. The van der Waals surface area contributed by atoms with Gasteiger partial charge in [0.1, 0.15) is 6.61 Å². The molecule has 0 saturated carbocycles. The van der Waals surface area contributed by atoms with Crippen molar-refractivity contribution >= 4 is 17.7 Å². The van der Waals surface area contributed by atoms with Gasteiger partial charge in [-0.1, -0.05) is 18.2 Å². The Balaban J connectivity index is 2.35. The highest BCUT2D eigenvalue weighted by atomic mass is 16.5. The van der Waals surface area contributed by atoms with Crippen LogP contribution in [0.2, 0.25) is 0 Å². The lowest BCUT2D eigenvalue weighted by Crippen LogP contribution is -2.21. The van der Waals surface area contributed by atoms with Gasteiger partial charge in [0.25, 0.3) is 0 Å². The van der Waals surface area contributed by atoms with E-state index in [1.54, 1.807) is 24.3 Å². The molecule has 1 unspecified atom stereocenters. The van der Waals surface area contributed by atoms with Crippen LogP contribution in [0.3, 0.4) is 0 Å². The first kappa shape index (κ1) is 12.0. The highest BCUT2D eigenvalue weighted by molar-refractivity contribution is 5.84. The van der Waals surface area contributed by atoms with E-state index in [1.165, 1.54) is 6.92 Å². The van der Waals surface area contributed by atoms with E-state index in [-0.39, 0.29) is 6.61 Å². The molecule has 0 fully saturated rings. The van der Waals surface area contributed by atoms with Crippen molar-refractivity contribution in [1.82, 2.24) is 0 Å². The number of carboxylic acid groups (broad SMARTS) is 1. The Labute approximate surface area is 93.0 Å². The molecule has 0 saturated heterocycles. The smallest absolute Gasteiger partial charge is 0.411 e. The molecule has 0 aliphatic carbocycles. The number of carbonyl (C=O) groups is 2. The molecule has 5 nitrogen and oxygen atoms in total. The zero-order valence-electron chi connectivity index (χ0n) is 8.84. The zero-order chi connectivity index (χ0) is 12.0. The summed E-state index contributed by atoms with van der Waals surface area (Å²) in [5.41, 5.74) is 0.607. The van der Waals surface area contributed by atoms with Gasteiger partial charge >= 0.3 is 12.1 Å². The zero-order valence-corrected chi connectivity index (χ0v) is 8.84. The molecule has 1 amide bonds. The van der Waals surface area contributed by atoms with Crippen LogP contribution in [0.25, 0.3) is 0 Å². The minimum Gasteiger partial charge on any atom is -0.481 e. The Morgan fingerprint density at radius 1 is 1.38 bits per heavy atom. The fourth-order valence-electron chi connectivity index (χ4n) is 0.947. The lowest BCUT2D eigenvalue weighted by Gasteiger charge is -2.08. The summed E-state index contributed by atoms with van der Waals surface area (Å²) in [6, 6.07) is 8.79. The van der Waals surface area contributed by atoms with Crippen molar-refractivity contribution in [3.8, 4) is 0 Å². The molecular formula is C11H13NO4. The summed E-state index contributed by atoms with van der Waals surface area (Å²) >= 11 is 0. The van der Waals surface area contributed by atoms with Crippen molar-refractivity contribution in [2.75, 3.05) is 11.9 Å². The summed E-state index contributed by atoms with van der Waals surface area (Å²) in [7, 11) is 0. The van der Waals surface area contributed by atoms with Crippen molar-refractivity contribution in [3.63, 3.8) is 0 Å². The first-order valence-corrected chi connectivity index (χ1v) is 4.81. The summed E-state index contributed by atoms with van der Waals surface area (Å²) in [4.78, 5) is 21.7. The fourth-order valence-corrected chi connectivity index (χ4v) is 0.947. The first-order chi connectivity index (χ1) is 7.59. The summed E-state index contributed by atoms with van der Waals surface area (Å²) in [6.45, 7) is 1.33. The molecule has 5 heteroatoms. The minimum atomic E-state index is -0.993. The highest BCUT2D eigenvalue weighted by Gasteiger charge is 2.13. The van der Waals surface area contributed by atoms with Crippen LogP contribution < -0.4 is 5.32 Å². The topological polar surface area (TPSA) is 75.6 Å². The van der Waals surface area contributed by atoms with Crippen molar-refractivity contribution < 1.29 is 19.4 Å².